The van der Waals surface area contributed by atoms with Gasteiger partial charge < -0.3 is 9.47 Å². The van der Waals surface area contributed by atoms with Gasteiger partial charge in [-0.25, -0.2) is 9.69 Å². The summed E-state index contributed by atoms with van der Waals surface area (Å²) in [6, 6.07) is 24.1. The minimum atomic E-state index is -0.788. The maximum Gasteiger partial charge on any atom is 0.335 e. The number of barbiturate groups is 1. The number of fused-ring (bicyclic) bond motifs is 1. The molecule has 0 unspecified atom stereocenters. The number of methoxy groups -OCH3 is 1. The first-order valence-electron chi connectivity index (χ1n) is 13.3. The molecule has 4 aromatic rings. The number of amides is 4. The zero-order chi connectivity index (χ0) is 28.9. The van der Waals surface area contributed by atoms with E-state index in [1.165, 1.54) is 13.2 Å². The molecule has 4 amide bonds. The van der Waals surface area contributed by atoms with Crippen LogP contribution < -0.4 is 19.7 Å². The minimum Gasteiger partial charge on any atom is -0.493 e. The Morgan fingerprint density at radius 3 is 2.34 bits per heavy atom. The van der Waals surface area contributed by atoms with Gasteiger partial charge in [0.05, 0.1) is 12.8 Å². The lowest BCUT2D eigenvalue weighted by Crippen LogP contribution is -2.54. The lowest BCUT2D eigenvalue weighted by atomic mass is 10.0. The maximum absolute atomic E-state index is 13.4. The quantitative estimate of drug-likeness (QED) is 0.150. The van der Waals surface area contributed by atoms with Gasteiger partial charge >= 0.3 is 6.03 Å². The molecule has 41 heavy (non-hydrogen) atoms. The van der Waals surface area contributed by atoms with Crippen molar-refractivity contribution in [3.05, 3.63) is 119 Å². The van der Waals surface area contributed by atoms with Gasteiger partial charge in [-0.3, -0.25) is 14.9 Å². The predicted molar refractivity (Wildman–Crippen MR) is 160 cm³/mol. The van der Waals surface area contributed by atoms with E-state index in [2.05, 4.69) is 36.2 Å². The molecular weight excluding hydrogens is 516 g/mol. The molecule has 4 aromatic carbocycles. The Kier molecular flexibility index (Phi) is 7.97. The van der Waals surface area contributed by atoms with Gasteiger partial charge in [0.25, 0.3) is 11.8 Å². The highest BCUT2D eigenvalue weighted by Gasteiger charge is 2.36. The Balaban J connectivity index is 1.46. The van der Waals surface area contributed by atoms with E-state index in [4.69, 9.17) is 9.47 Å². The number of anilines is 1. The predicted octanol–water partition coefficient (Wildman–Crippen LogP) is 6.38. The van der Waals surface area contributed by atoms with Crippen LogP contribution in [-0.4, -0.2) is 25.0 Å². The molecule has 5 rings (SSSR count). The van der Waals surface area contributed by atoms with Crippen LogP contribution in [0, 0.1) is 0 Å². The Morgan fingerprint density at radius 2 is 1.63 bits per heavy atom. The molecule has 0 radical (unpaired) electrons. The number of urea groups is 1. The number of hydrogen-bond acceptors (Lipinski definition) is 5. The first-order valence-corrected chi connectivity index (χ1v) is 13.3. The van der Waals surface area contributed by atoms with E-state index in [9.17, 15) is 14.4 Å². The second kappa shape index (κ2) is 11.9. The number of carbonyl (C=O) groups excluding carboxylic acids is 3. The fourth-order valence-electron chi connectivity index (χ4n) is 4.81. The van der Waals surface area contributed by atoms with Crippen LogP contribution in [0.15, 0.2) is 97.1 Å². The topological polar surface area (TPSA) is 84.9 Å². The van der Waals surface area contributed by atoms with Gasteiger partial charge in [0.2, 0.25) is 0 Å². The molecule has 1 aliphatic heterocycles. The molecule has 1 saturated heterocycles. The summed E-state index contributed by atoms with van der Waals surface area (Å²) in [7, 11) is 1.53. The second-order valence-electron chi connectivity index (χ2n) is 9.65. The fourth-order valence-corrected chi connectivity index (χ4v) is 4.81. The normalized spacial score (nSPS) is 14.3. The number of aryl methyl sites for hydroxylation is 1. The number of allylic oxidation sites excluding steroid dienone is 1. The summed E-state index contributed by atoms with van der Waals surface area (Å²) in [6.45, 7) is 6.20. The van der Waals surface area contributed by atoms with Gasteiger partial charge in [0.15, 0.2) is 11.5 Å². The molecule has 206 valence electrons. The molecule has 0 spiro atoms. The van der Waals surface area contributed by atoms with Crippen molar-refractivity contribution < 1.29 is 23.9 Å². The molecule has 0 bridgehead atoms. The van der Waals surface area contributed by atoms with Crippen LogP contribution in [0.4, 0.5) is 10.5 Å². The molecule has 0 aliphatic carbocycles. The summed E-state index contributed by atoms with van der Waals surface area (Å²) < 4.78 is 11.9. The largest absolute Gasteiger partial charge is 0.493 e. The summed E-state index contributed by atoms with van der Waals surface area (Å²) >= 11 is 0. The van der Waals surface area contributed by atoms with Crippen LogP contribution in [-0.2, 0) is 29.0 Å². The Bertz CT molecular complexity index is 1690. The molecule has 1 heterocycles. The van der Waals surface area contributed by atoms with Crippen molar-refractivity contribution in [2.24, 2.45) is 0 Å². The van der Waals surface area contributed by atoms with Crippen LogP contribution >= 0.6 is 0 Å². The molecule has 7 heteroatoms. The van der Waals surface area contributed by atoms with Crippen molar-refractivity contribution in [3.8, 4) is 11.5 Å². The third-order valence-electron chi connectivity index (χ3n) is 6.95. The van der Waals surface area contributed by atoms with Gasteiger partial charge in [0, 0.05) is 5.56 Å². The van der Waals surface area contributed by atoms with Crippen molar-refractivity contribution in [2.75, 3.05) is 12.0 Å². The molecule has 0 saturated carbocycles. The number of imide groups is 2. The summed E-state index contributed by atoms with van der Waals surface area (Å²) in [4.78, 5) is 39.7. The van der Waals surface area contributed by atoms with Gasteiger partial charge in [0.1, 0.15) is 12.2 Å². The second-order valence-corrected chi connectivity index (χ2v) is 9.65. The van der Waals surface area contributed by atoms with Crippen LogP contribution in [0.1, 0.15) is 29.2 Å². The van der Waals surface area contributed by atoms with Gasteiger partial charge in [-0.1, -0.05) is 61.5 Å². The maximum atomic E-state index is 13.4. The third kappa shape index (κ3) is 5.75. The van der Waals surface area contributed by atoms with E-state index in [0.29, 0.717) is 35.8 Å². The van der Waals surface area contributed by atoms with E-state index in [-0.39, 0.29) is 5.57 Å². The molecule has 0 aromatic heterocycles. The molecule has 1 aliphatic rings. The highest BCUT2D eigenvalue weighted by atomic mass is 16.5. The third-order valence-corrected chi connectivity index (χ3v) is 6.95. The van der Waals surface area contributed by atoms with Crippen LogP contribution in [0.3, 0.4) is 0 Å². The first-order chi connectivity index (χ1) is 19.9. The van der Waals surface area contributed by atoms with Crippen molar-refractivity contribution in [2.45, 2.75) is 26.4 Å². The van der Waals surface area contributed by atoms with Crippen molar-refractivity contribution in [1.82, 2.24) is 5.32 Å². The van der Waals surface area contributed by atoms with Crippen LogP contribution in [0.2, 0.25) is 0 Å². The smallest absolute Gasteiger partial charge is 0.335 e. The van der Waals surface area contributed by atoms with Crippen molar-refractivity contribution in [3.63, 3.8) is 0 Å². The minimum absolute atomic E-state index is 0.166. The number of nitrogens with zero attached hydrogens (tertiary/aromatic N) is 1. The fraction of sp³-hybridized carbons (Fsp3) is 0.147. The molecule has 1 N–H and O–H groups in total. The van der Waals surface area contributed by atoms with Crippen molar-refractivity contribution in [1.29, 1.82) is 0 Å². The number of ether oxygens (including phenoxy) is 2. The molecule has 0 atom stereocenters. The summed E-state index contributed by atoms with van der Waals surface area (Å²) in [5.74, 6) is -0.468. The van der Waals surface area contributed by atoms with E-state index >= 15 is 0 Å². The van der Waals surface area contributed by atoms with E-state index in [0.717, 1.165) is 38.8 Å². The number of rotatable bonds is 9. The zero-order valence-corrected chi connectivity index (χ0v) is 23.0. The van der Waals surface area contributed by atoms with E-state index < -0.39 is 17.8 Å². The van der Waals surface area contributed by atoms with Crippen molar-refractivity contribution >= 4 is 40.4 Å². The lowest BCUT2D eigenvalue weighted by molar-refractivity contribution is -0.122. The summed E-state index contributed by atoms with van der Waals surface area (Å²) in [5, 5.41) is 4.55. The van der Waals surface area contributed by atoms with Crippen LogP contribution in [0.25, 0.3) is 16.8 Å². The van der Waals surface area contributed by atoms with E-state index in [1.807, 2.05) is 43.3 Å². The highest BCUT2D eigenvalue weighted by molar-refractivity contribution is 6.39. The van der Waals surface area contributed by atoms with Gasteiger partial charge in [-0.05, 0) is 76.7 Å². The van der Waals surface area contributed by atoms with Gasteiger partial charge in [-0.15, -0.1) is 6.58 Å². The monoisotopic (exact) mass is 546 g/mol. The summed E-state index contributed by atoms with van der Waals surface area (Å²) in [6.07, 6.45) is 4.49. The number of carbonyl (C=O) groups is 3. The zero-order valence-electron chi connectivity index (χ0n) is 23.0. The SMILES string of the molecule is C=CCc1cc(/C=C2/C(=O)NC(=O)N(c3ccc(CC)cc3)C2=O)cc(OC)c1OCc1ccc2ccccc2c1. The number of nitrogens with one attached hydrogen (secondary N) is 1. The van der Waals surface area contributed by atoms with Crippen LogP contribution in [0.5, 0.6) is 11.5 Å². The Morgan fingerprint density at radius 1 is 0.902 bits per heavy atom. The molecule has 7 nitrogen and oxygen atoms in total. The Hall–Kier alpha value is -5.17. The number of benzene rings is 4. The summed E-state index contributed by atoms with van der Waals surface area (Å²) in [5.41, 5.74) is 3.61. The lowest BCUT2D eigenvalue weighted by Gasteiger charge is -2.26. The standard InChI is InChI=1S/C34H30N2O5/c1-4-8-27-18-24(19-29-32(37)35-34(39)36(33(29)38)28-15-12-22(5-2)13-16-28)20-30(40-3)31(27)41-21-23-11-14-25-9-6-7-10-26(25)17-23/h4,6-7,9-20H,1,5,8,21H2,2-3H3,(H,35,37,39)/b29-19-. The average molecular weight is 547 g/mol. The molecular formula is C34H30N2O5. The Labute approximate surface area is 238 Å². The van der Waals surface area contributed by atoms with E-state index in [1.54, 1.807) is 24.3 Å². The first kappa shape index (κ1) is 27.4. The number of hydrogen-bond donors (Lipinski definition) is 1. The average Bonchev–Trinajstić information content (AvgIpc) is 2.98. The highest BCUT2D eigenvalue weighted by Crippen LogP contribution is 2.35. The molecule has 1 fully saturated rings. The van der Waals surface area contributed by atoms with Gasteiger partial charge in [-0.2, -0.15) is 0 Å².